The Labute approximate surface area is 130 Å². The van der Waals surface area contributed by atoms with Crippen molar-refractivity contribution in [1.82, 2.24) is 0 Å². The fourth-order valence-corrected chi connectivity index (χ4v) is 1.90. The van der Waals surface area contributed by atoms with Crippen molar-refractivity contribution in [2.24, 2.45) is 0 Å². The maximum atomic E-state index is 11.9. The normalized spacial score (nSPS) is 12.6. The highest BCUT2D eigenvalue weighted by Gasteiger charge is 2.21. The van der Waals surface area contributed by atoms with Gasteiger partial charge in [0, 0.05) is 0 Å². The molecule has 0 saturated heterocycles. The van der Waals surface area contributed by atoms with E-state index >= 15 is 0 Å². The highest BCUT2D eigenvalue weighted by atomic mass is 35.5. The second-order valence-corrected chi connectivity index (χ2v) is 6.33. The molecule has 0 spiro atoms. The maximum Gasteiger partial charge on any atom is 0.362 e. The lowest BCUT2D eigenvalue weighted by Gasteiger charge is -2.20. The number of carbonyl (C=O) groups is 2. The molecular weight excluding hydrogens is 292 g/mol. The largest absolute Gasteiger partial charge is 0.456 e. The Balaban J connectivity index is 2.44. The molecule has 6 heteroatoms. The number of hydrogen-bond donors (Lipinski definition) is 2. The van der Waals surface area contributed by atoms with Gasteiger partial charge in [0.05, 0.1) is 17.8 Å². The first-order valence-corrected chi connectivity index (χ1v) is 7.13. The quantitative estimate of drug-likeness (QED) is 0.801. The van der Waals surface area contributed by atoms with E-state index in [1.807, 2.05) is 20.8 Å². The Morgan fingerprint density at radius 2 is 1.86 bits per heavy atom. The second-order valence-electron chi connectivity index (χ2n) is 5.93. The van der Waals surface area contributed by atoms with Gasteiger partial charge in [-0.15, -0.1) is 0 Å². The molecule has 2 N–H and O–H groups in total. The number of halogens is 1. The molecule has 0 bridgehead atoms. The molecule has 0 aromatic heterocycles. The van der Waals surface area contributed by atoms with E-state index in [2.05, 4.69) is 5.32 Å². The molecule has 0 radical (unpaired) electrons. The van der Waals surface area contributed by atoms with Crippen molar-refractivity contribution in [3.8, 4) is 0 Å². The van der Waals surface area contributed by atoms with Gasteiger partial charge >= 0.3 is 5.97 Å². The van der Waals surface area contributed by atoms with Crippen LogP contribution in [0.3, 0.4) is 0 Å². The minimum atomic E-state index is -0.517. The number of para-hydroxylation sites is 1. The summed E-state index contributed by atoms with van der Waals surface area (Å²) in [5.41, 5.74) is 0.0474. The number of amides is 1. The summed E-state index contributed by atoms with van der Waals surface area (Å²) < 4.78 is 5.21. The van der Waals surface area contributed by atoms with Crippen molar-refractivity contribution >= 4 is 29.2 Å². The summed E-state index contributed by atoms with van der Waals surface area (Å²) in [4.78, 5) is 24.3. The summed E-state index contributed by atoms with van der Waals surface area (Å²) in [7, 11) is 1.76. The van der Waals surface area contributed by atoms with E-state index in [4.69, 9.17) is 16.3 Å². The van der Waals surface area contributed by atoms with Gasteiger partial charge in [-0.3, -0.25) is 4.79 Å². The highest BCUT2D eigenvalue weighted by Crippen LogP contribution is 2.19. The number of quaternary nitrogens is 1. The van der Waals surface area contributed by atoms with Crippen LogP contribution in [-0.2, 0) is 14.3 Å². The monoisotopic (exact) mass is 313 g/mol. The van der Waals surface area contributed by atoms with E-state index in [1.165, 1.54) is 0 Å². The van der Waals surface area contributed by atoms with Gasteiger partial charge in [0.2, 0.25) is 0 Å². The van der Waals surface area contributed by atoms with Gasteiger partial charge in [-0.2, -0.15) is 0 Å². The first kappa shape index (κ1) is 17.5. The van der Waals surface area contributed by atoms with Crippen LogP contribution in [0.1, 0.15) is 20.8 Å². The van der Waals surface area contributed by atoms with Crippen LogP contribution >= 0.6 is 11.6 Å². The molecule has 0 fully saturated rings. The van der Waals surface area contributed by atoms with E-state index in [-0.39, 0.29) is 25.0 Å². The third-order valence-electron chi connectivity index (χ3n) is 2.48. The van der Waals surface area contributed by atoms with Crippen LogP contribution < -0.4 is 10.2 Å². The Kier molecular flexibility index (Phi) is 6.18. The number of anilines is 1. The predicted octanol–water partition coefficient (Wildman–Crippen LogP) is 1.13. The molecule has 116 valence electrons. The standard InChI is InChI=1S/C15H21ClN2O3/c1-15(2,3)21-14(20)10-18(4)9-13(19)17-12-8-6-5-7-11(12)16/h5-8H,9-10H2,1-4H3,(H,17,19)/p+1. The summed E-state index contributed by atoms with van der Waals surface area (Å²) >= 11 is 5.97. The van der Waals surface area contributed by atoms with Crippen LogP contribution in [0.5, 0.6) is 0 Å². The Hall–Kier alpha value is -1.59. The van der Waals surface area contributed by atoms with Crippen molar-refractivity contribution < 1.29 is 19.2 Å². The van der Waals surface area contributed by atoms with Crippen LogP contribution in [0.2, 0.25) is 5.02 Å². The van der Waals surface area contributed by atoms with E-state index in [0.717, 1.165) is 4.90 Å². The van der Waals surface area contributed by atoms with Gasteiger partial charge in [-0.25, -0.2) is 4.79 Å². The third-order valence-corrected chi connectivity index (χ3v) is 2.81. The molecule has 0 aliphatic heterocycles. The highest BCUT2D eigenvalue weighted by molar-refractivity contribution is 6.33. The molecular formula is C15H22ClN2O3+. The minimum Gasteiger partial charge on any atom is -0.456 e. The lowest BCUT2D eigenvalue weighted by molar-refractivity contribution is -0.863. The summed E-state index contributed by atoms with van der Waals surface area (Å²) in [6.07, 6.45) is 0. The summed E-state index contributed by atoms with van der Waals surface area (Å²) in [6, 6.07) is 7.01. The maximum absolute atomic E-state index is 11.9. The zero-order valence-electron chi connectivity index (χ0n) is 12.8. The van der Waals surface area contributed by atoms with Crippen LogP contribution in [0.4, 0.5) is 5.69 Å². The molecule has 21 heavy (non-hydrogen) atoms. The molecule has 5 nitrogen and oxygen atoms in total. The van der Waals surface area contributed by atoms with Crippen molar-refractivity contribution in [3.63, 3.8) is 0 Å². The lowest BCUT2D eigenvalue weighted by Crippen LogP contribution is -3.11. The van der Waals surface area contributed by atoms with Crippen molar-refractivity contribution in [3.05, 3.63) is 29.3 Å². The van der Waals surface area contributed by atoms with Crippen molar-refractivity contribution in [2.45, 2.75) is 26.4 Å². The molecule has 1 amide bonds. The van der Waals surface area contributed by atoms with Crippen molar-refractivity contribution in [2.75, 3.05) is 25.5 Å². The Bertz CT molecular complexity index is 512. The van der Waals surface area contributed by atoms with Crippen LogP contribution in [-0.4, -0.2) is 37.6 Å². The molecule has 1 aromatic rings. The third kappa shape index (κ3) is 7.11. The number of hydrogen-bond acceptors (Lipinski definition) is 3. The van der Waals surface area contributed by atoms with Crippen LogP contribution in [0, 0.1) is 0 Å². The Morgan fingerprint density at radius 1 is 1.24 bits per heavy atom. The number of benzene rings is 1. The predicted molar refractivity (Wildman–Crippen MR) is 82.5 cm³/mol. The number of nitrogens with one attached hydrogen (secondary N) is 2. The number of rotatable bonds is 5. The molecule has 1 atom stereocenters. The molecule has 1 rings (SSSR count). The first-order valence-electron chi connectivity index (χ1n) is 6.75. The fourth-order valence-electron chi connectivity index (χ4n) is 1.72. The topological polar surface area (TPSA) is 59.8 Å². The molecule has 0 aliphatic carbocycles. The van der Waals surface area contributed by atoms with Gasteiger partial charge in [-0.1, -0.05) is 23.7 Å². The molecule has 0 aliphatic rings. The number of likely N-dealkylation sites (N-methyl/N-ethyl adjacent to an activating group) is 1. The molecule has 0 saturated carbocycles. The van der Waals surface area contributed by atoms with Gasteiger partial charge in [0.1, 0.15) is 5.60 Å². The van der Waals surface area contributed by atoms with Crippen molar-refractivity contribution in [1.29, 1.82) is 0 Å². The number of ether oxygens (including phenoxy) is 1. The van der Waals surface area contributed by atoms with Gasteiger partial charge in [0.15, 0.2) is 13.1 Å². The SMILES string of the molecule is C[NH+](CC(=O)Nc1ccccc1Cl)CC(=O)OC(C)(C)C. The number of carbonyl (C=O) groups excluding carboxylic acids is 2. The van der Waals surface area contributed by atoms with E-state index in [9.17, 15) is 9.59 Å². The van der Waals surface area contributed by atoms with Gasteiger partial charge < -0.3 is 15.0 Å². The zero-order chi connectivity index (χ0) is 16.0. The fraction of sp³-hybridized carbons (Fsp3) is 0.467. The van der Waals surface area contributed by atoms with Gasteiger partial charge in [-0.05, 0) is 32.9 Å². The first-order chi connectivity index (χ1) is 9.67. The zero-order valence-corrected chi connectivity index (χ0v) is 13.6. The average molecular weight is 314 g/mol. The van der Waals surface area contributed by atoms with E-state index in [1.54, 1.807) is 31.3 Å². The summed E-state index contributed by atoms with van der Waals surface area (Å²) in [5, 5.41) is 3.20. The average Bonchev–Trinajstić information content (AvgIpc) is 2.28. The van der Waals surface area contributed by atoms with Crippen LogP contribution in [0.15, 0.2) is 24.3 Å². The van der Waals surface area contributed by atoms with Gasteiger partial charge in [0.25, 0.3) is 5.91 Å². The second kappa shape index (κ2) is 7.43. The van der Waals surface area contributed by atoms with E-state index < -0.39 is 5.60 Å². The Morgan fingerprint density at radius 3 is 2.43 bits per heavy atom. The van der Waals surface area contributed by atoms with E-state index in [0.29, 0.717) is 10.7 Å². The lowest BCUT2D eigenvalue weighted by atomic mass is 10.2. The summed E-state index contributed by atoms with van der Waals surface area (Å²) in [5.74, 6) is -0.533. The minimum absolute atomic E-state index is 0.132. The molecule has 1 aromatic carbocycles. The van der Waals surface area contributed by atoms with Crippen LogP contribution in [0.25, 0.3) is 0 Å². The molecule has 1 unspecified atom stereocenters. The summed E-state index contributed by atoms with van der Waals surface area (Å²) in [6.45, 7) is 5.72. The number of esters is 1. The molecule has 0 heterocycles. The smallest absolute Gasteiger partial charge is 0.362 e.